The standard InChI is InChI=1S/C14H13BrCl2O2.ClH/c1-14(2)8(12(14)13(18)19)6-9(15)7-3-4-10(16)11(17)5-7;/h3-6,8,12H,1-2H3,(H,18,19);1H. The van der Waals surface area contributed by atoms with E-state index in [-0.39, 0.29) is 29.7 Å². The van der Waals surface area contributed by atoms with E-state index in [0.29, 0.717) is 10.0 Å². The predicted octanol–water partition coefficient (Wildman–Crippen LogP) is 5.51. The van der Waals surface area contributed by atoms with Crippen LogP contribution in [0.1, 0.15) is 19.4 Å². The molecule has 20 heavy (non-hydrogen) atoms. The van der Waals surface area contributed by atoms with Crippen LogP contribution in [0.3, 0.4) is 0 Å². The van der Waals surface area contributed by atoms with Gasteiger partial charge in [0.05, 0.1) is 16.0 Å². The lowest BCUT2D eigenvalue weighted by atomic mass is 10.1. The van der Waals surface area contributed by atoms with Crippen LogP contribution in [0.4, 0.5) is 0 Å². The Kier molecular flexibility index (Phi) is 5.59. The van der Waals surface area contributed by atoms with Gasteiger partial charge in [-0.05, 0) is 29.0 Å². The summed E-state index contributed by atoms with van der Waals surface area (Å²) in [6.07, 6.45) is 1.94. The number of hydrogen-bond donors (Lipinski definition) is 1. The van der Waals surface area contributed by atoms with Crippen molar-refractivity contribution in [2.75, 3.05) is 0 Å². The lowest BCUT2D eigenvalue weighted by Crippen LogP contribution is -2.02. The predicted molar refractivity (Wildman–Crippen MR) is 89.0 cm³/mol. The molecule has 110 valence electrons. The SMILES string of the molecule is CC1(C)C(C=C(Br)c2ccc(Cl)c(Cl)c2)C1C(=O)O.Cl. The van der Waals surface area contributed by atoms with Crippen molar-refractivity contribution in [2.24, 2.45) is 17.3 Å². The van der Waals surface area contributed by atoms with E-state index in [9.17, 15) is 4.79 Å². The molecule has 1 N–H and O–H groups in total. The van der Waals surface area contributed by atoms with Crippen molar-refractivity contribution in [2.45, 2.75) is 13.8 Å². The fraction of sp³-hybridized carbons (Fsp3) is 0.357. The summed E-state index contributed by atoms with van der Waals surface area (Å²) in [7, 11) is 0. The molecule has 0 bridgehead atoms. The Morgan fingerprint density at radius 2 is 1.95 bits per heavy atom. The number of hydrogen-bond acceptors (Lipinski definition) is 1. The number of allylic oxidation sites excluding steroid dienone is 1. The van der Waals surface area contributed by atoms with Crippen molar-refractivity contribution in [3.8, 4) is 0 Å². The number of carboxylic acids is 1. The van der Waals surface area contributed by atoms with Crippen LogP contribution in [0.15, 0.2) is 24.3 Å². The maximum atomic E-state index is 11.1. The molecule has 0 radical (unpaired) electrons. The first-order valence-electron chi connectivity index (χ1n) is 5.80. The van der Waals surface area contributed by atoms with Crippen molar-refractivity contribution in [3.63, 3.8) is 0 Å². The summed E-state index contributed by atoms with van der Waals surface area (Å²) in [5.74, 6) is -1.06. The van der Waals surface area contributed by atoms with Crippen LogP contribution < -0.4 is 0 Å². The Bertz CT molecular complexity index is 570. The van der Waals surface area contributed by atoms with E-state index in [2.05, 4.69) is 15.9 Å². The third-order valence-corrected chi connectivity index (χ3v) is 5.16. The van der Waals surface area contributed by atoms with Crippen LogP contribution in [0, 0.1) is 17.3 Å². The smallest absolute Gasteiger partial charge is 0.307 e. The molecule has 2 nitrogen and oxygen atoms in total. The number of halogens is 4. The fourth-order valence-corrected chi connectivity index (χ4v) is 3.19. The minimum atomic E-state index is -0.749. The van der Waals surface area contributed by atoms with Gasteiger partial charge in [0.2, 0.25) is 0 Å². The van der Waals surface area contributed by atoms with Crippen LogP contribution in [-0.4, -0.2) is 11.1 Å². The zero-order chi connectivity index (χ0) is 14.4. The van der Waals surface area contributed by atoms with Crippen LogP contribution in [-0.2, 0) is 4.79 Å². The van der Waals surface area contributed by atoms with Crippen LogP contribution >= 0.6 is 51.5 Å². The molecule has 0 heterocycles. The summed E-state index contributed by atoms with van der Waals surface area (Å²) in [4.78, 5) is 11.1. The number of benzene rings is 1. The van der Waals surface area contributed by atoms with Gasteiger partial charge in [0, 0.05) is 4.48 Å². The Labute approximate surface area is 142 Å². The molecule has 0 spiro atoms. The molecule has 6 heteroatoms. The lowest BCUT2D eigenvalue weighted by Gasteiger charge is -2.03. The van der Waals surface area contributed by atoms with E-state index in [1.165, 1.54) is 0 Å². The average molecular weight is 401 g/mol. The topological polar surface area (TPSA) is 37.3 Å². The summed E-state index contributed by atoms with van der Waals surface area (Å²) in [6.45, 7) is 3.92. The summed E-state index contributed by atoms with van der Waals surface area (Å²) < 4.78 is 0.841. The van der Waals surface area contributed by atoms with Crippen molar-refractivity contribution in [3.05, 3.63) is 39.9 Å². The monoisotopic (exact) mass is 398 g/mol. The second-order valence-corrected chi connectivity index (χ2v) is 6.98. The highest BCUT2D eigenvalue weighted by Crippen LogP contribution is 2.60. The van der Waals surface area contributed by atoms with Gasteiger partial charge in [0.15, 0.2) is 0 Å². The molecule has 1 aliphatic rings. The molecule has 1 aromatic carbocycles. The fourth-order valence-electron chi connectivity index (χ4n) is 2.36. The number of rotatable bonds is 3. The molecule has 0 aliphatic heterocycles. The van der Waals surface area contributed by atoms with Crippen molar-refractivity contribution < 1.29 is 9.90 Å². The van der Waals surface area contributed by atoms with Crippen molar-refractivity contribution in [1.82, 2.24) is 0 Å². The molecular formula is C14H14BrCl3O2. The molecule has 2 atom stereocenters. The summed E-state index contributed by atoms with van der Waals surface area (Å²) in [5, 5.41) is 10.1. The van der Waals surface area contributed by atoms with Gasteiger partial charge < -0.3 is 5.11 Å². The van der Waals surface area contributed by atoms with Gasteiger partial charge in [0.1, 0.15) is 0 Å². The molecule has 1 aromatic rings. The van der Waals surface area contributed by atoms with Crippen LogP contribution in [0.2, 0.25) is 10.0 Å². The van der Waals surface area contributed by atoms with E-state index in [4.69, 9.17) is 28.3 Å². The van der Waals surface area contributed by atoms with Gasteiger partial charge in [-0.2, -0.15) is 0 Å². The highest BCUT2D eigenvalue weighted by molar-refractivity contribution is 9.15. The average Bonchev–Trinajstić information content (AvgIpc) is 2.84. The first-order chi connectivity index (χ1) is 8.75. The molecule has 0 saturated heterocycles. The van der Waals surface area contributed by atoms with Crippen molar-refractivity contribution in [1.29, 1.82) is 0 Å². The quantitative estimate of drug-likeness (QED) is 0.727. The van der Waals surface area contributed by atoms with Crippen LogP contribution in [0.5, 0.6) is 0 Å². The molecule has 0 aromatic heterocycles. The van der Waals surface area contributed by atoms with E-state index in [1.54, 1.807) is 12.1 Å². The molecular weight excluding hydrogens is 386 g/mol. The Morgan fingerprint density at radius 1 is 1.35 bits per heavy atom. The van der Waals surface area contributed by atoms with Crippen molar-refractivity contribution >= 4 is 62.0 Å². The third kappa shape index (κ3) is 3.33. The van der Waals surface area contributed by atoms with E-state index >= 15 is 0 Å². The minimum Gasteiger partial charge on any atom is -0.481 e. The van der Waals surface area contributed by atoms with E-state index in [1.807, 2.05) is 26.0 Å². The third-order valence-electron chi connectivity index (χ3n) is 3.70. The summed E-state index contributed by atoms with van der Waals surface area (Å²) in [5.41, 5.74) is 0.683. The van der Waals surface area contributed by atoms with E-state index < -0.39 is 5.97 Å². The van der Waals surface area contributed by atoms with Gasteiger partial charge in [0.25, 0.3) is 0 Å². The summed E-state index contributed by atoms with van der Waals surface area (Å²) in [6, 6.07) is 5.33. The van der Waals surface area contributed by atoms with Gasteiger partial charge >= 0.3 is 5.97 Å². The zero-order valence-electron chi connectivity index (χ0n) is 10.9. The Balaban J connectivity index is 0.00000200. The maximum absolute atomic E-state index is 11.1. The summed E-state index contributed by atoms with van der Waals surface area (Å²) >= 11 is 15.3. The van der Waals surface area contributed by atoms with Gasteiger partial charge in [-0.15, -0.1) is 12.4 Å². The normalized spacial score (nSPS) is 23.9. The first kappa shape index (κ1) is 17.8. The van der Waals surface area contributed by atoms with Gasteiger partial charge in [-0.3, -0.25) is 4.79 Å². The van der Waals surface area contributed by atoms with E-state index in [0.717, 1.165) is 10.0 Å². The van der Waals surface area contributed by atoms with Crippen LogP contribution in [0.25, 0.3) is 4.48 Å². The molecule has 1 saturated carbocycles. The molecule has 1 fully saturated rings. The lowest BCUT2D eigenvalue weighted by molar-refractivity contribution is -0.139. The first-order valence-corrected chi connectivity index (χ1v) is 7.35. The second-order valence-electron chi connectivity index (χ2n) is 5.31. The second kappa shape index (κ2) is 6.27. The molecule has 2 rings (SSSR count). The molecule has 0 amide bonds. The van der Waals surface area contributed by atoms with Gasteiger partial charge in [-0.1, -0.05) is 65.1 Å². The molecule has 2 unspecified atom stereocenters. The number of carbonyl (C=O) groups is 1. The highest BCUT2D eigenvalue weighted by Gasteiger charge is 2.60. The largest absolute Gasteiger partial charge is 0.481 e. The zero-order valence-corrected chi connectivity index (χ0v) is 14.8. The highest BCUT2D eigenvalue weighted by atomic mass is 79.9. The van der Waals surface area contributed by atoms with Gasteiger partial charge in [-0.25, -0.2) is 0 Å². The Morgan fingerprint density at radius 3 is 2.40 bits per heavy atom. The number of aliphatic carboxylic acids is 1. The molecule has 1 aliphatic carbocycles. The number of carboxylic acid groups (broad SMARTS) is 1. The Hall–Kier alpha value is -0.220. The minimum absolute atomic E-state index is 0. The maximum Gasteiger partial charge on any atom is 0.307 e.